The fraction of sp³-hybridized carbons (Fsp3) is 0.455. The molecule has 1 rings (SSSR count). The Balaban J connectivity index is 2.76. The molecule has 4 nitrogen and oxygen atoms in total. The van der Waals surface area contributed by atoms with Crippen LogP contribution >= 0.6 is 11.3 Å². The van der Waals surface area contributed by atoms with E-state index in [-0.39, 0.29) is 5.91 Å². The maximum atomic E-state index is 11.9. The lowest BCUT2D eigenvalue weighted by Crippen LogP contribution is -2.48. The van der Waals surface area contributed by atoms with Crippen LogP contribution in [0, 0.1) is 11.3 Å². The summed E-state index contributed by atoms with van der Waals surface area (Å²) < 4.78 is 0. The Morgan fingerprint density at radius 1 is 1.75 bits per heavy atom. The van der Waals surface area contributed by atoms with E-state index in [1.165, 1.54) is 11.3 Å². The number of nitrogens with two attached hydrogens (primary N) is 1. The lowest BCUT2D eigenvalue weighted by atomic mass is 9.97. The topological polar surface area (TPSA) is 78.9 Å². The van der Waals surface area contributed by atoms with Gasteiger partial charge in [-0.05, 0) is 24.8 Å². The molecule has 0 aliphatic carbocycles. The predicted molar refractivity (Wildman–Crippen MR) is 65.2 cm³/mol. The van der Waals surface area contributed by atoms with Crippen LogP contribution in [0.15, 0.2) is 11.4 Å². The SMILES string of the molecule is CCCC(C)(N)C(=O)Nc1sccc1C#N. The van der Waals surface area contributed by atoms with Crippen molar-refractivity contribution in [3.05, 3.63) is 17.0 Å². The van der Waals surface area contributed by atoms with Crippen molar-refractivity contribution in [1.29, 1.82) is 5.26 Å². The van der Waals surface area contributed by atoms with Crippen LogP contribution in [0.25, 0.3) is 0 Å². The van der Waals surface area contributed by atoms with E-state index in [0.29, 0.717) is 17.0 Å². The van der Waals surface area contributed by atoms with E-state index >= 15 is 0 Å². The average Bonchev–Trinajstić information content (AvgIpc) is 2.65. The maximum Gasteiger partial charge on any atom is 0.244 e. The molecule has 0 spiro atoms. The molecule has 0 saturated heterocycles. The molecule has 0 bridgehead atoms. The van der Waals surface area contributed by atoms with Gasteiger partial charge in [0.25, 0.3) is 0 Å². The standard InChI is InChI=1S/C11H15N3OS/c1-3-5-11(2,13)10(15)14-9-8(7-12)4-6-16-9/h4,6H,3,5,13H2,1-2H3,(H,14,15). The van der Waals surface area contributed by atoms with Gasteiger partial charge < -0.3 is 11.1 Å². The zero-order valence-electron chi connectivity index (χ0n) is 9.41. The second-order valence-corrected chi connectivity index (χ2v) is 4.81. The van der Waals surface area contributed by atoms with Gasteiger partial charge in [0, 0.05) is 0 Å². The number of nitrogens with zero attached hydrogens (tertiary/aromatic N) is 1. The van der Waals surface area contributed by atoms with Crippen LogP contribution in [0.2, 0.25) is 0 Å². The molecule has 0 aromatic carbocycles. The van der Waals surface area contributed by atoms with Gasteiger partial charge in [-0.25, -0.2) is 0 Å². The lowest BCUT2D eigenvalue weighted by Gasteiger charge is -2.22. The zero-order valence-corrected chi connectivity index (χ0v) is 10.2. The Morgan fingerprint density at radius 3 is 3.00 bits per heavy atom. The van der Waals surface area contributed by atoms with Crippen molar-refractivity contribution in [2.24, 2.45) is 5.73 Å². The van der Waals surface area contributed by atoms with Crippen LogP contribution in [0.3, 0.4) is 0 Å². The monoisotopic (exact) mass is 237 g/mol. The Morgan fingerprint density at radius 2 is 2.44 bits per heavy atom. The van der Waals surface area contributed by atoms with Crippen molar-refractivity contribution in [2.75, 3.05) is 5.32 Å². The number of thiophene rings is 1. The number of hydrogen-bond acceptors (Lipinski definition) is 4. The highest BCUT2D eigenvalue weighted by atomic mass is 32.1. The van der Waals surface area contributed by atoms with Crippen molar-refractivity contribution in [3.63, 3.8) is 0 Å². The highest BCUT2D eigenvalue weighted by Crippen LogP contribution is 2.23. The molecule has 0 aliphatic rings. The Labute approximate surface area is 99.1 Å². The van der Waals surface area contributed by atoms with Crippen LogP contribution in [0.4, 0.5) is 5.00 Å². The summed E-state index contributed by atoms with van der Waals surface area (Å²) in [6.45, 7) is 3.68. The molecule has 3 N–H and O–H groups in total. The van der Waals surface area contributed by atoms with Gasteiger partial charge in [0.05, 0.1) is 11.1 Å². The second-order valence-electron chi connectivity index (χ2n) is 3.90. The quantitative estimate of drug-likeness (QED) is 0.841. The summed E-state index contributed by atoms with van der Waals surface area (Å²) in [6.07, 6.45) is 1.46. The molecule has 1 aromatic rings. The summed E-state index contributed by atoms with van der Waals surface area (Å²) in [6, 6.07) is 3.69. The van der Waals surface area contributed by atoms with E-state index in [9.17, 15) is 4.79 Å². The van der Waals surface area contributed by atoms with Gasteiger partial charge >= 0.3 is 0 Å². The molecule has 0 fully saturated rings. The smallest absolute Gasteiger partial charge is 0.244 e. The minimum absolute atomic E-state index is 0.242. The molecule has 1 unspecified atom stereocenters. The van der Waals surface area contributed by atoms with Gasteiger partial charge in [0.1, 0.15) is 11.1 Å². The van der Waals surface area contributed by atoms with Gasteiger partial charge in [0.15, 0.2) is 0 Å². The maximum absolute atomic E-state index is 11.9. The third kappa shape index (κ3) is 2.81. The molecule has 5 heteroatoms. The summed E-state index contributed by atoms with van der Waals surface area (Å²) in [5, 5.41) is 13.8. The number of rotatable bonds is 4. The highest BCUT2D eigenvalue weighted by molar-refractivity contribution is 7.14. The molecule has 16 heavy (non-hydrogen) atoms. The van der Waals surface area contributed by atoms with Crippen LogP contribution in [0.1, 0.15) is 32.3 Å². The first-order valence-corrected chi connectivity index (χ1v) is 5.97. The summed E-state index contributed by atoms with van der Waals surface area (Å²) in [4.78, 5) is 11.9. The van der Waals surface area contributed by atoms with Gasteiger partial charge in [-0.2, -0.15) is 5.26 Å². The van der Waals surface area contributed by atoms with E-state index in [1.54, 1.807) is 18.4 Å². The number of hydrogen-bond donors (Lipinski definition) is 2. The van der Waals surface area contributed by atoms with Crippen molar-refractivity contribution in [3.8, 4) is 6.07 Å². The highest BCUT2D eigenvalue weighted by Gasteiger charge is 2.27. The van der Waals surface area contributed by atoms with Gasteiger partial charge in [-0.15, -0.1) is 11.3 Å². The van der Waals surface area contributed by atoms with E-state index in [4.69, 9.17) is 11.0 Å². The van der Waals surface area contributed by atoms with Gasteiger partial charge in [0.2, 0.25) is 5.91 Å². The average molecular weight is 237 g/mol. The van der Waals surface area contributed by atoms with Crippen LogP contribution in [-0.2, 0) is 4.79 Å². The number of nitriles is 1. The van der Waals surface area contributed by atoms with E-state index in [2.05, 4.69) is 5.32 Å². The number of carbonyl (C=O) groups is 1. The Bertz CT molecular complexity index is 417. The number of anilines is 1. The Kier molecular flexibility index (Phi) is 4.05. The third-order valence-corrected chi connectivity index (χ3v) is 3.13. The van der Waals surface area contributed by atoms with Gasteiger partial charge in [-0.3, -0.25) is 4.79 Å². The predicted octanol–water partition coefficient (Wildman–Crippen LogP) is 2.08. The second kappa shape index (κ2) is 5.10. The molecule has 86 valence electrons. The van der Waals surface area contributed by atoms with Crippen molar-refractivity contribution >= 4 is 22.2 Å². The molecular weight excluding hydrogens is 222 g/mol. The fourth-order valence-electron chi connectivity index (χ4n) is 1.37. The molecule has 1 atom stereocenters. The van der Waals surface area contributed by atoms with E-state index in [0.717, 1.165) is 6.42 Å². The normalized spacial score (nSPS) is 13.9. The number of nitrogens with one attached hydrogen (secondary N) is 1. The molecule has 1 aromatic heterocycles. The molecule has 1 amide bonds. The summed E-state index contributed by atoms with van der Waals surface area (Å²) in [7, 11) is 0. The third-order valence-electron chi connectivity index (χ3n) is 2.30. The van der Waals surface area contributed by atoms with Crippen molar-refractivity contribution < 1.29 is 4.79 Å². The molecule has 1 heterocycles. The first-order valence-electron chi connectivity index (χ1n) is 5.09. The minimum atomic E-state index is -0.883. The summed E-state index contributed by atoms with van der Waals surface area (Å²) in [5.41, 5.74) is 5.48. The Hall–Kier alpha value is -1.38. The number of carbonyl (C=O) groups excluding carboxylic acids is 1. The molecular formula is C11H15N3OS. The summed E-state index contributed by atoms with van der Waals surface area (Å²) in [5.74, 6) is -0.242. The number of amides is 1. The van der Waals surface area contributed by atoms with E-state index in [1.807, 2.05) is 13.0 Å². The lowest BCUT2D eigenvalue weighted by molar-refractivity contribution is -0.120. The molecule has 0 saturated carbocycles. The fourth-order valence-corrected chi connectivity index (χ4v) is 2.11. The first kappa shape index (κ1) is 12.7. The van der Waals surface area contributed by atoms with Gasteiger partial charge in [-0.1, -0.05) is 13.3 Å². The zero-order chi connectivity index (χ0) is 12.2. The largest absolute Gasteiger partial charge is 0.318 e. The van der Waals surface area contributed by atoms with Crippen LogP contribution < -0.4 is 11.1 Å². The molecule has 0 aliphatic heterocycles. The van der Waals surface area contributed by atoms with Crippen molar-refractivity contribution in [1.82, 2.24) is 0 Å². The minimum Gasteiger partial charge on any atom is -0.318 e. The van der Waals surface area contributed by atoms with Crippen LogP contribution in [-0.4, -0.2) is 11.4 Å². The van der Waals surface area contributed by atoms with Crippen LogP contribution in [0.5, 0.6) is 0 Å². The van der Waals surface area contributed by atoms with E-state index < -0.39 is 5.54 Å². The molecule has 0 radical (unpaired) electrons. The van der Waals surface area contributed by atoms with Crippen molar-refractivity contribution in [2.45, 2.75) is 32.2 Å². The summed E-state index contributed by atoms with van der Waals surface area (Å²) >= 11 is 1.33. The first-order chi connectivity index (χ1) is 7.51.